The average Bonchev–Trinajstić information content (AvgIpc) is 2.41. The van der Waals surface area contributed by atoms with Crippen LogP contribution in [-0.2, 0) is 4.74 Å². The molecule has 0 saturated carbocycles. The summed E-state index contributed by atoms with van der Waals surface area (Å²) < 4.78 is 5.25. The highest BCUT2D eigenvalue weighted by Gasteiger charge is 2.15. The molecule has 0 unspecified atom stereocenters. The standard InChI is InChI=1S/C8H14N6O.H4N2.H2O/c1-6-10-7(13-9)12-8(11-6)14-2-4-15-5-3-14;1-2;/h2-5,9H2,1H3,(H,10,11,12,13);1-2H2;1H2. The van der Waals surface area contributed by atoms with E-state index in [0.29, 0.717) is 30.9 Å². The molecular weight excluding hydrogens is 240 g/mol. The molecule has 10 heteroatoms. The molecule has 0 atom stereocenters. The maximum absolute atomic E-state index is 5.27. The number of anilines is 2. The van der Waals surface area contributed by atoms with Gasteiger partial charge in [-0.05, 0) is 6.92 Å². The zero-order valence-electron chi connectivity index (χ0n) is 10.3. The van der Waals surface area contributed by atoms with E-state index in [2.05, 4.69) is 37.0 Å². The third-order valence-electron chi connectivity index (χ3n) is 2.16. The summed E-state index contributed by atoms with van der Waals surface area (Å²) in [4.78, 5) is 14.5. The molecule has 1 fully saturated rings. The monoisotopic (exact) mass is 260 g/mol. The van der Waals surface area contributed by atoms with Crippen molar-refractivity contribution in [2.24, 2.45) is 17.5 Å². The Kier molecular flexibility index (Phi) is 7.74. The SMILES string of the molecule is Cc1nc(NN)nc(N2CCOCC2)n1.NN.O. The van der Waals surface area contributed by atoms with Crippen LogP contribution in [0, 0.1) is 6.92 Å². The first-order chi connectivity index (χ1) is 8.29. The van der Waals surface area contributed by atoms with E-state index in [1.807, 2.05) is 6.92 Å². The number of aromatic nitrogens is 3. The van der Waals surface area contributed by atoms with Crippen molar-refractivity contribution in [3.63, 3.8) is 0 Å². The van der Waals surface area contributed by atoms with E-state index < -0.39 is 0 Å². The number of rotatable bonds is 2. The largest absolute Gasteiger partial charge is 0.412 e. The van der Waals surface area contributed by atoms with E-state index >= 15 is 0 Å². The molecule has 1 aromatic rings. The lowest BCUT2D eigenvalue weighted by atomic mass is 10.4. The van der Waals surface area contributed by atoms with Crippen LogP contribution in [-0.4, -0.2) is 46.7 Å². The van der Waals surface area contributed by atoms with Crippen molar-refractivity contribution in [3.05, 3.63) is 5.82 Å². The molecule has 10 nitrogen and oxygen atoms in total. The highest BCUT2D eigenvalue weighted by Crippen LogP contribution is 2.11. The lowest BCUT2D eigenvalue weighted by Crippen LogP contribution is -2.37. The van der Waals surface area contributed by atoms with E-state index in [4.69, 9.17) is 10.6 Å². The second-order valence-corrected chi connectivity index (χ2v) is 3.25. The Hall–Kier alpha value is -1.59. The Balaban J connectivity index is 0.000000917. The quantitative estimate of drug-likeness (QED) is 0.325. The normalized spacial score (nSPS) is 14.1. The molecular formula is C8H20N8O2. The molecule has 9 N–H and O–H groups in total. The summed E-state index contributed by atoms with van der Waals surface area (Å²) in [5.41, 5.74) is 2.43. The van der Waals surface area contributed by atoms with Gasteiger partial charge in [-0.15, -0.1) is 0 Å². The van der Waals surface area contributed by atoms with E-state index in [0.717, 1.165) is 13.1 Å². The van der Waals surface area contributed by atoms with Gasteiger partial charge in [0, 0.05) is 13.1 Å². The van der Waals surface area contributed by atoms with E-state index in [9.17, 15) is 0 Å². The van der Waals surface area contributed by atoms with Gasteiger partial charge >= 0.3 is 0 Å². The van der Waals surface area contributed by atoms with E-state index in [1.54, 1.807) is 0 Å². The van der Waals surface area contributed by atoms with E-state index in [-0.39, 0.29) is 5.48 Å². The zero-order valence-corrected chi connectivity index (χ0v) is 10.3. The van der Waals surface area contributed by atoms with Crippen LogP contribution in [0.3, 0.4) is 0 Å². The molecule has 0 radical (unpaired) electrons. The smallest absolute Gasteiger partial charge is 0.242 e. The van der Waals surface area contributed by atoms with Gasteiger partial charge in [0.1, 0.15) is 5.82 Å². The van der Waals surface area contributed by atoms with Crippen molar-refractivity contribution in [2.45, 2.75) is 6.92 Å². The Labute approximate surface area is 105 Å². The highest BCUT2D eigenvalue weighted by molar-refractivity contribution is 5.36. The molecule has 0 aliphatic carbocycles. The van der Waals surface area contributed by atoms with Crippen molar-refractivity contribution < 1.29 is 10.2 Å². The van der Waals surface area contributed by atoms with Crippen LogP contribution < -0.4 is 27.9 Å². The lowest BCUT2D eigenvalue weighted by Gasteiger charge is -2.26. The van der Waals surface area contributed by atoms with Gasteiger partial charge < -0.3 is 15.1 Å². The number of nitrogens with one attached hydrogen (secondary N) is 1. The Morgan fingerprint density at radius 1 is 1.17 bits per heavy atom. The minimum absolute atomic E-state index is 0. The summed E-state index contributed by atoms with van der Waals surface area (Å²) in [5, 5.41) is 0. The number of hydrogen-bond acceptors (Lipinski definition) is 9. The van der Waals surface area contributed by atoms with Crippen molar-refractivity contribution in [2.75, 3.05) is 36.6 Å². The third-order valence-corrected chi connectivity index (χ3v) is 2.16. The summed E-state index contributed by atoms with van der Waals surface area (Å²) in [7, 11) is 0. The summed E-state index contributed by atoms with van der Waals surface area (Å²) in [6.45, 7) is 4.82. The van der Waals surface area contributed by atoms with Crippen LogP contribution in [0.4, 0.5) is 11.9 Å². The topological polar surface area (TPSA) is 173 Å². The van der Waals surface area contributed by atoms with Gasteiger partial charge in [0.25, 0.3) is 0 Å². The van der Waals surface area contributed by atoms with Gasteiger partial charge in [-0.2, -0.15) is 15.0 Å². The fourth-order valence-corrected chi connectivity index (χ4v) is 1.44. The molecule has 0 amide bonds. The first kappa shape index (κ1) is 16.4. The van der Waals surface area contributed by atoms with Crippen LogP contribution in [0.15, 0.2) is 0 Å². The number of nitrogens with two attached hydrogens (primary N) is 3. The van der Waals surface area contributed by atoms with Crippen molar-refractivity contribution in [3.8, 4) is 0 Å². The van der Waals surface area contributed by atoms with Crippen molar-refractivity contribution >= 4 is 11.9 Å². The molecule has 1 saturated heterocycles. The van der Waals surface area contributed by atoms with Gasteiger partial charge in [-0.3, -0.25) is 17.1 Å². The summed E-state index contributed by atoms with van der Waals surface area (Å²) in [6, 6.07) is 0. The highest BCUT2D eigenvalue weighted by atomic mass is 16.5. The zero-order chi connectivity index (χ0) is 12.7. The van der Waals surface area contributed by atoms with Crippen LogP contribution in [0.5, 0.6) is 0 Å². The molecule has 1 aromatic heterocycles. The maximum atomic E-state index is 5.27. The molecule has 1 aliphatic rings. The average molecular weight is 260 g/mol. The van der Waals surface area contributed by atoms with Gasteiger partial charge in [-0.1, -0.05) is 0 Å². The van der Waals surface area contributed by atoms with E-state index in [1.165, 1.54) is 0 Å². The molecule has 0 spiro atoms. The first-order valence-corrected chi connectivity index (χ1v) is 5.15. The molecule has 0 bridgehead atoms. The molecule has 104 valence electrons. The minimum atomic E-state index is 0. The second kappa shape index (κ2) is 8.49. The van der Waals surface area contributed by atoms with Crippen molar-refractivity contribution in [1.82, 2.24) is 15.0 Å². The summed E-state index contributed by atoms with van der Waals surface area (Å²) in [5.74, 6) is 15.0. The fourth-order valence-electron chi connectivity index (χ4n) is 1.44. The number of nitrogens with zero attached hydrogens (tertiary/aromatic N) is 4. The van der Waals surface area contributed by atoms with Gasteiger partial charge in [0.2, 0.25) is 11.9 Å². The second-order valence-electron chi connectivity index (χ2n) is 3.25. The predicted octanol–water partition coefficient (Wildman–Crippen LogP) is -2.70. The lowest BCUT2D eigenvalue weighted by molar-refractivity contribution is 0.122. The number of ether oxygens (including phenoxy) is 1. The van der Waals surface area contributed by atoms with Crippen LogP contribution in [0.1, 0.15) is 5.82 Å². The predicted molar refractivity (Wildman–Crippen MR) is 67.4 cm³/mol. The molecule has 0 aromatic carbocycles. The van der Waals surface area contributed by atoms with Gasteiger partial charge in [0.15, 0.2) is 0 Å². The maximum Gasteiger partial charge on any atom is 0.242 e. The Morgan fingerprint density at radius 2 is 1.78 bits per heavy atom. The van der Waals surface area contributed by atoms with Crippen molar-refractivity contribution in [1.29, 1.82) is 0 Å². The molecule has 1 aliphatic heterocycles. The van der Waals surface area contributed by atoms with Crippen LogP contribution in [0.2, 0.25) is 0 Å². The number of hydrazine groups is 2. The number of hydrogen-bond donors (Lipinski definition) is 4. The van der Waals surface area contributed by atoms with Crippen LogP contribution >= 0.6 is 0 Å². The summed E-state index contributed by atoms with van der Waals surface area (Å²) >= 11 is 0. The Bertz CT molecular complexity index is 344. The molecule has 18 heavy (non-hydrogen) atoms. The molecule has 2 heterocycles. The Morgan fingerprint density at radius 3 is 2.33 bits per heavy atom. The van der Waals surface area contributed by atoms with Gasteiger partial charge in [-0.25, -0.2) is 5.84 Å². The third kappa shape index (κ3) is 4.35. The molecule has 2 rings (SSSR count). The van der Waals surface area contributed by atoms with Gasteiger partial charge in [0.05, 0.1) is 13.2 Å². The number of nitrogen functional groups attached to an aromatic ring is 1. The minimum Gasteiger partial charge on any atom is -0.412 e. The number of aryl methyl sites for hydroxylation is 1. The fraction of sp³-hybridized carbons (Fsp3) is 0.625. The van der Waals surface area contributed by atoms with Crippen LogP contribution in [0.25, 0.3) is 0 Å². The summed E-state index contributed by atoms with van der Waals surface area (Å²) in [6.07, 6.45) is 0. The first-order valence-electron chi connectivity index (χ1n) is 5.15. The number of morpholine rings is 1.